The summed E-state index contributed by atoms with van der Waals surface area (Å²) < 4.78 is 2.76. The first-order valence-corrected chi connectivity index (χ1v) is 9.74. The van der Waals surface area contributed by atoms with E-state index in [0.717, 1.165) is 44.7 Å². The summed E-state index contributed by atoms with van der Waals surface area (Å²) in [6.45, 7) is 6.84. The fourth-order valence-corrected chi connectivity index (χ4v) is 4.52. The first kappa shape index (κ1) is 17.3. The lowest BCUT2D eigenvalue weighted by Crippen LogP contribution is -2.48. The van der Waals surface area contributed by atoms with Gasteiger partial charge in [0, 0.05) is 38.9 Å². The Bertz CT molecular complexity index is 929. The van der Waals surface area contributed by atoms with Gasteiger partial charge in [-0.2, -0.15) is 5.10 Å². The maximum absolute atomic E-state index is 12.6. The molecule has 0 N–H and O–H groups in total. The number of fused-ring (bicyclic) bond motifs is 1. The second-order valence-corrected chi connectivity index (χ2v) is 8.00. The van der Waals surface area contributed by atoms with Gasteiger partial charge in [0.25, 0.3) is 5.91 Å². The predicted octanol–water partition coefficient (Wildman–Crippen LogP) is 3.26. The zero-order valence-electron chi connectivity index (χ0n) is 15.0. The predicted molar refractivity (Wildman–Crippen MR) is 105 cm³/mol. The molecule has 1 amide bonds. The van der Waals surface area contributed by atoms with E-state index in [4.69, 9.17) is 16.6 Å². The number of hydrogen-bond donors (Lipinski definition) is 0. The third-order valence-corrected chi connectivity index (χ3v) is 6.43. The van der Waals surface area contributed by atoms with Crippen LogP contribution in [-0.2, 0) is 7.05 Å². The van der Waals surface area contributed by atoms with Gasteiger partial charge in [-0.3, -0.25) is 9.48 Å². The minimum atomic E-state index is -0.00320. The fourth-order valence-electron chi connectivity index (χ4n) is 3.15. The number of thiazole rings is 1. The van der Waals surface area contributed by atoms with Gasteiger partial charge in [0.15, 0.2) is 10.8 Å². The fraction of sp³-hybridized carbons (Fsp3) is 0.389. The maximum Gasteiger partial charge on any atom is 0.274 e. The van der Waals surface area contributed by atoms with Gasteiger partial charge < -0.3 is 9.80 Å². The number of benzene rings is 1. The Morgan fingerprint density at radius 1 is 1.19 bits per heavy atom. The molecule has 0 bridgehead atoms. The Balaban J connectivity index is 1.49. The highest BCUT2D eigenvalue weighted by Gasteiger charge is 2.26. The van der Waals surface area contributed by atoms with E-state index in [0.29, 0.717) is 18.8 Å². The summed E-state index contributed by atoms with van der Waals surface area (Å²) in [6, 6.07) is 5.76. The van der Waals surface area contributed by atoms with E-state index in [1.54, 1.807) is 16.0 Å². The summed E-state index contributed by atoms with van der Waals surface area (Å²) in [5.41, 5.74) is 3.60. The van der Waals surface area contributed by atoms with Crippen molar-refractivity contribution >= 4 is 44.2 Å². The molecule has 1 aromatic carbocycles. The van der Waals surface area contributed by atoms with Gasteiger partial charge in [0.2, 0.25) is 0 Å². The summed E-state index contributed by atoms with van der Waals surface area (Å²) in [5.74, 6) is -0.00320. The first-order valence-electron chi connectivity index (χ1n) is 8.54. The standard InChI is InChI=1S/C18H20ClN5OS/c1-11-4-5-13(19)16-15(11)20-18(26-16)24-8-6-23(7-9-24)17(25)14-10-12(2)22(3)21-14/h4-5,10H,6-9H2,1-3H3. The van der Waals surface area contributed by atoms with Gasteiger partial charge in [-0.1, -0.05) is 29.0 Å². The number of hydrogen-bond acceptors (Lipinski definition) is 5. The number of halogens is 1. The number of amides is 1. The van der Waals surface area contributed by atoms with Crippen molar-refractivity contribution in [3.63, 3.8) is 0 Å². The summed E-state index contributed by atoms with van der Waals surface area (Å²) >= 11 is 7.94. The van der Waals surface area contributed by atoms with Crippen molar-refractivity contribution in [2.24, 2.45) is 7.05 Å². The molecular formula is C18H20ClN5OS. The van der Waals surface area contributed by atoms with Crippen molar-refractivity contribution < 1.29 is 4.79 Å². The van der Waals surface area contributed by atoms with E-state index < -0.39 is 0 Å². The van der Waals surface area contributed by atoms with Gasteiger partial charge in [0.05, 0.1) is 15.2 Å². The van der Waals surface area contributed by atoms with Crippen LogP contribution in [0.25, 0.3) is 10.2 Å². The first-order chi connectivity index (χ1) is 12.4. The van der Waals surface area contributed by atoms with Gasteiger partial charge in [-0.25, -0.2) is 4.98 Å². The van der Waals surface area contributed by atoms with E-state index >= 15 is 0 Å². The lowest BCUT2D eigenvalue weighted by Gasteiger charge is -2.34. The Morgan fingerprint density at radius 2 is 1.92 bits per heavy atom. The van der Waals surface area contributed by atoms with E-state index in [1.165, 1.54) is 0 Å². The number of anilines is 1. The van der Waals surface area contributed by atoms with E-state index in [9.17, 15) is 4.79 Å². The van der Waals surface area contributed by atoms with Crippen LogP contribution in [0.2, 0.25) is 5.02 Å². The van der Waals surface area contributed by atoms with Crippen molar-refractivity contribution in [2.45, 2.75) is 13.8 Å². The molecule has 0 atom stereocenters. The summed E-state index contributed by atoms with van der Waals surface area (Å²) in [5, 5.41) is 6.01. The van der Waals surface area contributed by atoms with Crippen LogP contribution < -0.4 is 4.90 Å². The molecule has 3 heterocycles. The van der Waals surface area contributed by atoms with Gasteiger partial charge in [-0.15, -0.1) is 0 Å². The average molecular weight is 390 g/mol. The van der Waals surface area contributed by atoms with Crippen molar-refractivity contribution in [1.82, 2.24) is 19.7 Å². The van der Waals surface area contributed by atoms with E-state index in [2.05, 4.69) is 10.00 Å². The molecule has 1 aliphatic heterocycles. The Morgan fingerprint density at radius 3 is 2.54 bits per heavy atom. The Hall–Kier alpha value is -2.12. The molecule has 4 rings (SSSR count). The number of piperazine rings is 1. The average Bonchev–Trinajstić information content (AvgIpc) is 3.23. The molecule has 0 spiro atoms. The second-order valence-electron chi connectivity index (χ2n) is 6.61. The Kier molecular flexibility index (Phi) is 4.36. The van der Waals surface area contributed by atoms with Crippen LogP contribution in [0, 0.1) is 13.8 Å². The van der Waals surface area contributed by atoms with E-state index in [-0.39, 0.29) is 5.91 Å². The molecule has 8 heteroatoms. The summed E-state index contributed by atoms with van der Waals surface area (Å²) in [7, 11) is 1.85. The van der Waals surface area contributed by atoms with Crippen molar-refractivity contribution in [3.8, 4) is 0 Å². The van der Waals surface area contributed by atoms with Crippen molar-refractivity contribution in [2.75, 3.05) is 31.1 Å². The third-order valence-electron chi connectivity index (χ3n) is 4.86. The highest BCUT2D eigenvalue weighted by atomic mass is 35.5. The molecule has 0 saturated carbocycles. The van der Waals surface area contributed by atoms with Crippen LogP contribution in [0.4, 0.5) is 5.13 Å². The van der Waals surface area contributed by atoms with E-state index in [1.807, 2.05) is 44.0 Å². The van der Waals surface area contributed by atoms with Crippen molar-refractivity contribution in [1.29, 1.82) is 0 Å². The van der Waals surface area contributed by atoms with Crippen LogP contribution in [0.15, 0.2) is 18.2 Å². The lowest BCUT2D eigenvalue weighted by molar-refractivity contribution is 0.0740. The molecule has 0 radical (unpaired) electrons. The molecule has 0 aliphatic carbocycles. The number of aryl methyl sites for hydroxylation is 3. The topological polar surface area (TPSA) is 54.3 Å². The minimum Gasteiger partial charge on any atom is -0.345 e. The zero-order valence-corrected chi connectivity index (χ0v) is 16.6. The number of carbonyl (C=O) groups excluding carboxylic acids is 1. The SMILES string of the molecule is Cc1ccc(Cl)c2sc(N3CCN(C(=O)c4cc(C)n(C)n4)CC3)nc12. The van der Waals surface area contributed by atoms with Crippen LogP contribution in [0.3, 0.4) is 0 Å². The Labute approximate surface area is 161 Å². The maximum atomic E-state index is 12.6. The highest BCUT2D eigenvalue weighted by molar-refractivity contribution is 7.22. The zero-order chi connectivity index (χ0) is 18.4. The minimum absolute atomic E-state index is 0.00320. The van der Waals surface area contributed by atoms with Gasteiger partial charge >= 0.3 is 0 Å². The molecule has 1 saturated heterocycles. The molecule has 1 aliphatic rings. The highest BCUT2D eigenvalue weighted by Crippen LogP contribution is 2.35. The van der Waals surface area contributed by atoms with Crippen LogP contribution in [0.1, 0.15) is 21.7 Å². The van der Waals surface area contributed by atoms with Crippen LogP contribution in [0.5, 0.6) is 0 Å². The molecule has 2 aromatic heterocycles. The normalized spacial score (nSPS) is 15.1. The molecule has 6 nitrogen and oxygen atoms in total. The summed E-state index contributed by atoms with van der Waals surface area (Å²) in [4.78, 5) is 21.5. The second kappa shape index (κ2) is 6.55. The van der Waals surface area contributed by atoms with Crippen molar-refractivity contribution in [3.05, 3.63) is 40.2 Å². The van der Waals surface area contributed by atoms with Crippen LogP contribution in [-0.4, -0.2) is 51.8 Å². The molecule has 0 unspecified atom stereocenters. The number of rotatable bonds is 2. The number of nitrogens with zero attached hydrogens (tertiary/aromatic N) is 5. The molecule has 3 aromatic rings. The third kappa shape index (κ3) is 2.95. The smallest absolute Gasteiger partial charge is 0.274 e. The monoisotopic (exact) mass is 389 g/mol. The molecule has 1 fully saturated rings. The number of carbonyl (C=O) groups is 1. The summed E-state index contributed by atoms with van der Waals surface area (Å²) in [6.07, 6.45) is 0. The molecular weight excluding hydrogens is 370 g/mol. The molecule has 136 valence electrons. The largest absolute Gasteiger partial charge is 0.345 e. The van der Waals surface area contributed by atoms with Gasteiger partial charge in [0.1, 0.15) is 0 Å². The van der Waals surface area contributed by atoms with Gasteiger partial charge in [-0.05, 0) is 31.5 Å². The number of aromatic nitrogens is 3. The quantitative estimate of drug-likeness (QED) is 0.675. The van der Waals surface area contributed by atoms with Crippen LogP contribution >= 0.6 is 22.9 Å². The molecule has 26 heavy (non-hydrogen) atoms. The lowest BCUT2D eigenvalue weighted by atomic mass is 10.2.